The Labute approximate surface area is 167 Å². The molecular weight excluding hydrogens is 375 g/mol. The predicted molar refractivity (Wildman–Crippen MR) is 107 cm³/mol. The first kappa shape index (κ1) is 20.2. The van der Waals surface area contributed by atoms with Gasteiger partial charge in [-0.1, -0.05) is 54.6 Å². The van der Waals surface area contributed by atoms with Crippen LogP contribution in [0.3, 0.4) is 0 Å². The summed E-state index contributed by atoms with van der Waals surface area (Å²) in [7, 11) is 0. The van der Waals surface area contributed by atoms with Crippen molar-refractivity contribution in [2.24, 2.45) is 0 Å². The Kier molecular flexibility index (Phi) is 6.36. The summed E-state index contributed by atoms with van der Waals surface area (Å²) < 4.78 is 43.5. The Morgan fingerprint density at radius 1 is 0.897 bits per heavy atom. The fourth-order valence-corrected chi connectivity index (χ4v) is 2.83. The molecule has 29 heavy (non-hydrogen) atoms. The normalized spacial score (nSPS) is 11.4. The van der Waals surface area contributed by atoms with Crippen LogP contribution >= 0.6 is 0 Å². The van der Waals surface area contributed by atoms with Gasteiger partial charge in [0.2, 0.25) is 0 Å². The van der Waals surface area contributed by atoms with Crippen LogP contribution in [-0.4, -0.2) is 6.61 Å². The van der Waals surface area contributed by atoms with Crippen LogP contribution in [0.5, 0.6) is 5.75 Å². The Morgan fingerprint density at radius 3 is 2.28 bits per heavy atom. The number of alkyl halides is 3. The van der Waals surface area contributed by atoms with Gasteiger partial charge in [0, 0.05) is 0 Å². The van der Waals surface area contributed by atoms with Gasteiger partial charge in [-0.2, -0.15) is 18.4 Å². The van der Waals surface area contributed by atoms with E-state index >= 15 is 0 Å². The molecule has 0 atom stereocenters. The molecule has 0 saturated heterocycles. The third kappa shape index (κ3) is 5.73. The van der Waals surface area contributed by atoms with Crippen molar-refractivity contribution in [3.8, 4) is 22.9 Å². The zero-order valence-corrected chi connectivity index (χ0v) is 15.5. The Morgan fingerprint density at radius 2 is 1.59 bits per heavy atom. The number of hydrogen-bond donors (Lipinski definition) is 0. The second-order valence-corrected chi connectivity index (χ2v) is 6.40. The van der Waals surface area contributed by atoms with E-state index in [4.69, 9.17) is 10.00 Å². The minimum absolute atomic E-state index is 0.291. The van der Waals surface area contributed by atoms with Crippen LogP contribution < -0.4 is 4.74 Å². The average molecular weight is 393 g/mol. The van der Waals surface area contributed by atoms with Crippen LogP contribution in [0.25, 0.3) is 17.2 Å². The molecule has 0 radical (unpaired) electrons. The van der Waals surface area contributed by atoms with Crippen LogP contribution in [0.1, 0.15) is 16.7 Å². The SMILES string of the molecule is N#CCc1cccc(-c2cccc(OCC=Cc3ccc(C(F)(F)F)cc3)c2)c1. The molecule has 0 saturated carbocycles. The number of nitriles is 1. The summed E-state index contributed by atoms with van der Waals surface area (Å²) in [5, 5.41) is 8.85. The number of nitrogens with zero attached hydrogens (tertiary/aromatic N) is 1. The van der Waals surface area contributed by atoms with Crippen molar-refractivity contribution in [1.82, 2.24) is 0 Å². The fraction of sp³-hybridized carbons (Fsp3) is 0.125. The minimum atomic E-state index is -4.33. The molecule has 3 aromatic rings. The molecule has 0 unspecified atom stereocenters. The van der Waals surface area contributed by atoms with Gasteiger partial charge in [0.05, 0.1) is 18.1 Å². The molecule has 0 aliphatic carbocycles. The van der Waals surface area contributed by atoms with Crippen LogP contribution in [0.2, 0.25) is 0 Å². The second-order valence-electron chi connectivity index (χ2n) is 6.40. The lowest BCUT2D eigenvalue weighted by Gasteiger charge is -2.08. The summed E-state index contributed by atoms with van der Waals surface area (Å²) in [5.41, 5.74) is 2.94. The monoisotopic (exact) mass is 393 g/mol. The van der Waals surface area contributed by atoms with Crippen molar-refractivity contribution in [3.05, 3.63) is 95.6 Å². The van der Waals surface area contributed by atoms with Gasteiger partial charge in [0.15, 0.2) is 0 Å². The lowest BCUT2D eigenvalue weighted by molar-refractivity contribution is -0.137. The van der Waals surface area contributed by atoms with Crippen molar-refractivity contribution in [2.75, 3.05) is 6.61 Å². The van der Waals surface area contributed by atoms with Crippen molar-refractivity contribution in [1.29, 1.82) is 5.26 Å². The molecule has 146 valence electrons. The maximum Gasteiger partial charge on any atom is 0.416 e. The van der Waals surface area contributed by atoms with Crippen molar-refractivity contribution >= 4 is 6.08 Å². The van der Waals surface area contributed by atoms with E-state index in [0.29, 0.717) is 24.3 Å². The quantitative estimate of drug-likeness (QED) is 0.477. The zero-order chi connectivity index (χ0) is 20.7. The van der Waals surface area contributed by atoms with Gasteiger partial charge >= 0.3 is 6.18 Å². The van der Waals surface area contributed by atoms with Crippen LogP contribution in [0, 0.1) is 11.3 Å². The Hall–Kier alpha value is -3.52. The maximum absolute atomic E-state index is 12.6. The highest BCUT2D eigenvalue weighted by Crippen LogP contribution is 2.29. The highest BCUT2D eigenvalue weighted by Gasteiger charge is 2.29. The molecule has 0 N–H and O–H groups in total. The number of ether oxygens (including phenoxy) is 1. The summed E-state index contributed by atoms with van der Waals surface area (Å²) in [6.45, 7) is 0.291. The van der Waals surface area contributed by atoms with E-state index in [0.717, 1.165) is 28.8 Å². The smallest absolute Gasteiger partial charge is 0.416 e. The van der Waals surface area contributed by atoms with Gasteiger partial charge < -0.3 is 4.74 Å². The molecule has 2 nitrogen and oxygen atoms in total. The number of benzene rings is 3. The van der Waals surface area contributed by atoms with E-state index in [1.54, 1.807) is 12.2 Å². The highest BCUT2D eigenvalue weighted by molar-refractivity contribution is 5.66. The molecule has 0 spiro atoms. The fourth-order valence-electron chi connectivity index (χ4n) is 2.83. The van der Waals surface area contributed by atoms with Gasteiger partial charge in [-0.15, -0.1) is 0 Å². The highest BCUT2D eigenvalue weighted by atomic mass is 19.4. The topological polar surface area (TPSA) is 33.0 Å². The zero-order valence-electron chi connectivity index (χ0n) is 15.5. The van der Waals surface area contributed by atoms with Crippen LogP contribution in [0.4, 0.5) is 13.2 Å². The Balaban J connectivity index is 1.62. The largest absolute Gasteiger partial charge is 0.490 e. The molecular formula is C24H18F3NO. The standard InChI is InChI=1S/C24H18F3NO/c25-24(26,27)22-11-9-18(10-12-22)5-3-15-29-23-8-2-7-21(17-23)20-6-1-4-19(16-20)13-14-28/h1-12,16-17H,13,15H2. The van der Waals surface area contributed by atoms with Gasteiger partial charge in [-0.05, 0) is 52.6 Å². The summed E-state index contributed by atoms with van der Waals surface area (Å²) in [5.74, 6) is 0.685. The second kappa shape index (κ2) is 9.11. The molecule has 0 heterocycles. The third-order valence-electron chi connectivity index (χ3n) is 4.27. The molecule has 3 aromatic carbocycles. The molecule has 5 heteroatoms. The molecule has 0 amide bonds. The van der Waals surface area contributed by atoms with E-state index in [9.17, 15) is 13.2 Å². The first-order chi connectivity index (χ1) is 14.0. The molecule has 0 aliphatic heterocycles. The van der Waals surface area contributed by atoms with Gasteiger partial charge in [-0.3, -0.25) is 0 Å². The molecule has 0 aliphatic rings. The minimum Gasteiger partial charge on any atom is -0.490 e. The van der Waals surface area contributed by atoms with E-state index < -0.39 is 11.7 Å². The van der Waals surface area contributed by atoms with Gasteiger partial charge in [0.25, 0.3) is 0 Å². The predicted octanol–water partition coefficient (Wildman–Crippen LogP) is 6.53. The average Bonchev–Trinajstić information content (AvgIpc) is 2.72. The van der Waals surface area contributed by atoms with Crippen LogP contribution in [-0.2, 0) is 12.6 Å². The van der Waals surface area contributed by atoms with E-state index in [-0.39, 0.29) is 0 Å². The van der Waals surface area contributed by atoms with Gasteiger partial charge in [0.1, 0.15) is 12.4 Å². The summed E-state index contributed by atoms with van der Waals surface area (Å²) in [6, 6.07) is 22.5. The first-order valence-electron chi connectivity index (χ1n) is 8.98. The number of hydrogen-bond acceptors (Lipinski definition) is 2. The van der Waals surface area contributed by atoms with Crippen molar-refractivity contribution in [2.45, 2.75) is 12.6 Å². The maximum atomic E-state index is 12.6. The van der Waals surface area contributed by atoms with E-state index in [1.165, 1.54) is 12.1 Å². The summed E-state index contributed by atoms with van der Waals surface area (Å²) in [4.78, 5) is 0. The molecule has 3 rings (SSSR count). The molecule has 0 fully saturated rings. The molecule has 0 bridgehead atoms. The third-order valence-corrected chi connectivity index (χ3v) is 4.27. The summed E-state index contributed by atoms with van der Waals surface area (Å²) >= 11 is 0. The van der Waals surface area contributed by atoms with E-state index in [1.807, 2.05) is 48.5 Å². The Bertz CT molecular complexity index is 1030. The number of halogens is 3. The van der Waals surface area contributed by atoms with E-state index in [2.05, 4.69) is 6.07 Å². The van der Waals surface area contributed by atoms with Gasteiger partial charge in [-0.25, -0.2) is 0 Å². The van der Waals surface area contributed by atoms with Crippen molar-refractivity contribution in [3.63, 3.8) is 0 Å². The van der Waals surface area contributed by atoms with Crippen LogP contribution in [0.15, 0.2) is 78.9 Å². The lowest BCUT2D eigenvalue weighted by atomic mass is 10.0. The summed E-state index contributed by atoms with van der Waals surface area (Å²) in [6.07, 6.45) is -0.499. The lowest BCUT2D eigenvalue weighted by Crippen LogP contribution is -2.03. The molecule has 0 aromatic heterocycles. The number of rotatable bonds is 6. The first-order valence-corrected chi connectivity index (χ1v) is 8.98. The van der Waals surface area contributed by atoms with Crippen molar-refractivity contribution < 1.29 is 17.9 Å².